The monoisotopic (exact) mass is 481 g/mol. The molecule has 13 heteroatoms. The number of nitrogens with zero attached hydrogens (tertiary/aromatic N) is 4. The van der Waals surface area contributed by atoms with E-state index in [0.717, 1.165) is 5.56 Å². The summed E-state index contributed by atoms with van der Waals surface area (Å²) in [7, 11) is 3.64. The van der Waals surface area contributed by atoms with Gasteiger partial charge in [-0.3, -0.25) is 15.3 Å². The number of hydrogen-bond acceptors (Lipinski definition) is 10. The first kappa shape index (κ1) is 24.8. The van der Waals surface area contributed by atoms with E-state index in [4.69, 9.17) is 10.1 Å². The quantitative estimate of drug-likeness (QED) is 0.195. The molecule has 0 aliphatic rings. The van der Waals surface area contributed by atoms with Crippen LogP contribution in [0.4, 0.5) is 9.59 Å². The lowest BCUT2D eigenvalue weighted by molar-refractivity contribution is -0.142. The van der Waals surface area contributed by atoms with Crippen LogP contribution in [0, 0.1) is 5.41 Å². The van der Waals surface area contributed by atoms with Crippen LogP contribution in [-0.4, -0.2) is 71.1 Å². The fraction of sp³-hybridized carbons (Fsp3) is 0.227. The average Bonchev–Trinajstić information content (AvgIpc) is 3.36. The Labute approximate surface area is 199 Å². The Morgan fingerprint density at radius 2 is 1.69 bits per heavy atom. The van der Waals surface area contributed by atoms with E-state index in [9.17, 15) is 14.4 Å². The fourth-order valence-corrected chi connectivity index (χ4v) is 2.99. The number of amides is 2. The first-order chi connectivity index (χ1) is 16.8. The lowest BCUT2D eigenvalue weighted by Gasteiger charge is -2.14. The maximum Gasteiger partial charge on any atom is 0.412 e. The number of hydrogen-bond donors (Lipinski definition) is 3. The van der Waals surface area contributed by atoms with E-state index in [1.165, 1.54) is 27.7 Å². The van der Waals surface area contributed by atoms with Gasteiger partial charge < -0.3 is 19.5 Å². The van der Waals surface area contributed by atoms with Crippen molar-refractivity contribution in [1.29, 1.82) is 5.41 Å². The van der Waals surface area contributed by atoms with Crippen molar-refractivity contribution in [1.82, 2.24) is 30.4 Å². The second-order valence-corrected chi connectivity index (χ2v) is 7.03. The number of benzene rings is 1. The van der Waals surface area contributed by atoms with Gasteiger partial charge in [0.15, 0.2) is 5.82 Å². The van der Waals surface area contributed by atoms with Crippen molar-refractivity contribution in [2.75, 3.05) is 21.3 Å². The van der Waals surface area contributed by atoms with Crippen molar-refractivity contribution in [2.24, 2.45) is 0 Å². The molecule has 0 fully saturated rings. The molecule has 35 heavy (non-hydrogen) atoms. The third-order valence-electron chi connectivity index (χ3n) is 4.81. The van der Waals surface area contributed by atoms with Crippen LogP contribution < -0.4 is 10.6 Å². The van der Waals surface area contributed by atoms with Crippen molar-refractivity contribution in [2.45, 2.75) is 12.5 Å². The molecule has 0 bridgehead atoms. The number of alkyl carbamates (subject to hydrolysis) is 2. The third kappa shape index (κ3) is 6.37. The normalized spacial score (nSPS) is 11.2. The molecule has 0 radical (unpaired) electrons. The summed E-state index contributed by atoms with van der Waals surface area (Å²) in [6.07, 6.45) is 1.79. The van der Waals surface area contributed by atoms with Crippen LogP contribution in [0.3, 0.4) is 0 Å². The minimum absolute atomic E-state index is 0.0861. The smallest absolute Gasteiger partial charge is 0.412 e. The molecule has 3 rings (SSSR count). The Bertz CT molecular complexity index is 1210. The summed E-state index contributed by atoms with van der Waals surface area (Å²) < 4.78 is 15.4. The first-order valence-electron chi connectivity index (χ1n) is 10.2. The van der Waals surface area contributed by atoms with E-state index in [0.29, 0.717) is 22.8 Å². The van der Waals surface area contributed by atoms with Crippen LogP contribution in [0.5, 0.6) is 0 Å². The average molecular weight is 481 g/mol. The van der Waals surface area contributed by atoms with Crippen LogP contribution in [0.25, 0.3) is 17.1 Å². The summed E-state index contributed by atoms with van der Waals surface area (Å²) in [6.45, 7) is 0. The highest BCUT2D eigenvalue weighted by atomic mass is 16.5. The zero-order valence-corrected chi connectivity index (χ0v) is 19.1. The number of methoxy groups -OCH3 is 3. The zero-order chi connectivity index (χ0) is 25.4. The van der Waals surface area contributed by atoms with Crippen LogP contribution in [-0.2, 0) is 25.4 Å². The third-order valence-corrected chi connectivity index (χ3v) is 4.81. The topological polar surface area (TPSA) is 170 Å². The standard InChI is InChI=1S/C22H23N7O6/c1-33-20(30)17(25-21(31)34-2)10-15-11-29(12-24-15)18-9-8-16(27-28-18)13-4-6-14(7-5-13)19(23)26-22(32)35-3/h4-9,11-12,17H,10H2,1-3H3,(H,25,31)(H2,23,26,32). The molecule has 2 heterocycles. The molecule has 13 nitrogen and oxygen atoms in total. The Balaban J connectivity index is 1.69. The first-order valence-corrected chi connectivity index (χ1v) is 10.2. The van der Waals surface area contributed by atoms with Crippen LogP contribution >= 0.6 is 0 Å². The summed E-state index contributed by atoms with van der Waals surface area (Å²) in [4.78, 5) is 38.9. The van der Waals surface area contributed by atoms with Gasteiger partial charge in [-0.05, 0) is 12.1 Å². The van der Waals surface area contributed by atoms with Crippen molar-refractivity contribution >= 4 is 24.0 Å². The number of ether oxygens (including phenoxy) is 3. The summed E-state index contributed by atoms with van der Waals surface area (Å²) in [5.74, 6) is -0.225. The van der Waals surface area contributed by atoms with E-state index < -0.39 is 24.2 Å². The number of imidazole rings is 1. The molecule has 0 saturated carbocycles. The van der Waals surface area contributed by atoms with E-state index in [1.807, 2.05) is 0 Å². The maximum absolute atomic E-state index is 12.0. The van der Waals surface area contributed by atoms with Gasteiger partial charge in [-0.1, -0.05) is 24.3 Å². The molecular weight excluding hydrogens is 458 g/mol. The van der Waals surface area contributed by atoms with E-state index in [-0.39, 0.29) is 12.3 Å². The SMILES string of the molecule is COC(=O)NC(=N)c1ccc(-c2ccc(-n3cnc(CC(NC(=O)OC)C(=O)OC)c3)nn2)cc1. The van der Waals surface area contributed by atoms with Gasteiger partial charge in [0, 0.05) is 23.7 Å². The molecule has 0 saturated heterocycles. The largest absolute Gasteiger partial charge is 0.467 e. The number of amidine groups is 1. The van der Waals surface area contributed by atoms with E-state index >= 15 is 0 Å². The second-order valence-electron chi connectivity index (χ2n) is 7.03. The Kier molecular flexibility index (Phi) is 8.06. The molecule has 1 unspecified atom stereocenters. The highest BCUT2D eigenvalue weighted by molar-refractivity contribution is 6.04. The number of rotatable bonds is 7. The molecule has 2 aromatic heterocycles. The number of carbonyl (C=O) groups is 3. The summed E-state index contributed by atoms with van der Waals surface area (Å²) in [6, 6.07) is 9.40. The predicted octanol–water partition coefficient (Wildman–Crippen LogP) is 1.45. The van der Waals surface area contributed by atoms with Crippen molar-refractivity contribution in [3.05, 3.63) is 60.2 Å². The van der Waals surface area contributed by atoms with Gasteiger partial charge in [0.05, 0.1) is 32.7 Å². The molecule has 2 amide bonds. The minimum Gasteiger partial charge on any atom is -0.467 e. The van der Waals surface area contributed by atoms with Crippen LogP contribution in [0.15, 0.2) is 48.9 Å². The highest BCUT2D eigenvalue weighted by Crippen LogP contribution is 2.18. The number of nitrogens with one attached hydrogen (secondary N) is 3. The zero-order valence-electron chi connectivity index (χ0n) is 19.1. The van der Waals surface area contributed by atoms with Gasteiger partial charge >= 0.3 is 18.2 Å². The Morgan fingerprint density at radius 3 is 2.29 bits per heavy atom. The maximum atomic E-state index is 12.0. The molecule has 0 spiro atoms. The summed E-state index contributed by atoms with van der Waals surface area (Å²) >= 11 is 0. The molecule has 0 aliphatic carbocycles. The highest BCUT2D eigenvalue weighted by Gasteiger charge is 2.23. The Hall–Kier alpha value is -4.81. The predicted molar refractivity (Wildman–Crippen MR) is 122 cm³/mol. The molecular formula is C22H23N7O6. The molecule has 1 aromatic carbocycles. The van der Waals surface area contributed by atoms with Crippen molar-refractivity contribution in [3.63, 3.8) is 0 Å². The van der Waals surface area contributed by atoms with Gasteiger partial charge in [-0.25, -0.2) is 19.4 Å². The summed E-state index contributed by atoms with van der Waals surface area (Å²) in [5.41, 5.74) is 2.38. The van der Waals surface area contributed by atoms with Gasteiger partial charge in [-0.15, -0.1) is 10.2 Å². The molecule has 182 valence electrons. The fourth-order valence-electron chi connectivity index (χ4n) is 2.99. The van der Waals surface area contributed by atoms with Gasteiger partial charge in [-0.2, -0.15) is 0 Å². The van der Waals surface area contributed by atoms with Crippen molar-refractivity contribution in [3.8, 4) is 17.1 Å². The lowest BCUT2D eigenvalue weighted by Crippen LogP contribution is -2.43. The van der Waals surface area contributed by atoms with Gasteiger partial charge in [0.25, 0.3) is 0 Å². The van der Waals surface area contributed by atoms with E-state index in [1.54, 1.807) is 47.2 Å². The van der Waals surface area contributed by atoms with Crippen molar-refractivity contribution < 1.29 is 28.6 Å². The lowest BCUT2D eigenvalue weighted by atomic mass is 10.1. The number of carbonyl (C=O) groups excluding carboxylic acids is 3. The van der Waals surface area contributed by atoms with Crippen LogP contribution in [0.1, 0.15) is 11.3 Å². The number of esters is 1. The van der Waals surface area contributed by atoms with Crippen LogP contribution in [0.2, 0.25) is 0 Å². The van der Waals surface area contributed by atoms with E-state index in [2.05, 4.69) is 35.3 Å². The van der Waals surface area contributed by atoms with Gasteiger partial charge in [0.2, 0.25) is 0 Å². The Morgan fingerprint density at radius 1 is 0.971 bits per heavy atom. The molecule has 0 aliphatic heterocycles. The second kappa shape index (κ2) is 11.4. The van der Waals surface area contributed by atoms with Gasteiger partial charge in [0.1, 0.15) is 18.2 Å². The molecule has 3 aromatic rings. The number of aromatic nitrogens is 4. The molecule has 1 atom stereocenters. The minimum atomic E-state index is -0.962. The summed E-state index contributed by atoms with van der Waals surface area (Å²) in [5, 5.41) is 21.0. The molecule has 3 N–H and O–H groups in total.